The van der Waals surface area contributed by atoms with Crippen molar-refractivity contribution in [3.8, 4) is 0 Å². The highest BCUT2D eigenvalue weighted by atomic mass is 79.9. The van der Waals surface area contributed by atoms with E-state index in [0.717, 1.165) is 19.8 Å². The molecule has 0 aliphatic rings. The lowest BCUT2D eigenvalue weighted by Gasteiger charge is -2.04. The molecule has 0 fully saturated rings. The van der Waals surface area contributed by atoms with Crippen LogP contribution in [-0.4, -0.2) is 10.9 Å². The second-order valence-corrected chi connectivity index (χ2v) is 6.28. The summed E-state index contributed by atoms with van der Waals surface area (Å²) in [5.41, 5.74) is 2.32. The van der Waals surface area contributed by atoms with Gasteiger partial charge in [-0.3, -0.25) is 4.79 Å². The van der Waals surface area contributed by atoms with Crippen LogP contribution in [0.4, 0.5) is 5.69 Å². The molecular weight excluding hydrogens is 324 g/mol. The third-order valence-corrected chi connectivity index (χ3v) is 4.13. The zero-order valence-corrected chi connectivity index (χ0v) is 12.2. The van der Waals surface area contributed by atoms with Crippen molar-refractivity contribution in [2.24, 2.45) is 0 Å². The lowest BCUT2D eigenvalue weighted by molar-refractivity contribution is 0.102. The fraction of sp³-hybridized carbons (Fsp3) is 0. The maximum Gasteiger partial charge on any atom is 0.255 e. The van der Waals surface area contributed by atoms with Gasteiger partial charge in [0.2, 0.25) is 0 Å². The fourth-order valence-corrected chi connectivity index (χ4v) is 3.21. The van der Waals surface area contributed by atoms with Crippen LogP contribution in [-0.2, 0) is 0 Å². The largest absolute Gasteiger partial charge is 0.322 e. The van der Waals surface area contributed by atoms with Crippen molar-refractivity contribution in [1.82, 2.24) is 4.98 Å². The first kappa shape index (κ1) is 12.3. The molecule has 0 atom stereocenters. The lowest BCUT2D eigenvalue weighted by Crippen LogP contribution is -2.11. The molecule has 0 aliphatic carbocycles. The molecule has 0 spiro atoms. The minimum absolute atomic E-state index is 0.113. The Morgan fingerprint density at radius 3 is 2.74 bits per heavy atom. The van der Waals surface area contributed by atoms with E-state index in [1.807, 2.05) is 42.5 Å². The van der Waals surface area contributed by atoms with Gasteiger partial charge in [-0.15, -0.1) is 11.3 Å². The Hall–Kier alpha value is -1.72. The number of fused-ring (bicyclic) bond motifs is 1. The van der Waals surface area contributed by atoms with Crippen molar-refractivity contribution < 1.29 is 4.79 Å². The first-order chi connectivity index (χ1) is 9.22. The molecule has 1 aromatic heterocycles. The Labute approximate surface area is 122 Å². The highest BCUT2D eigenvalue weighted by Gasteiger charge is 2.09. The predicted molar refractivity (Wildman–Crippen MR) is 81.7 cm³/mol. The van der Waals surface area contributed by atoms with Crippen LogP contribution in [0.5, 0.6) is 0 Å². The van der Waals surface area contributed by atoms with Crippen LogP contribution in [0.3, 0.4) is 0 Å². The number of benzene rings is 2. The highest BCUT2D eigenvalue weighted by Crippen LogP contribution is 2.27. The van der Waals surface area contributed by atoms with Crippen LogP contribution < -0.4 is 5.32 Å². The van der Waals surface area contributed by atoms with Crippen LogP contribution >= 0.6 is 27.3 Å². The molecule has 1 heterocycles. The van der Waals surface area contributed by atoms with Crippen molar-refractivity contribution in [2.45, 2.75) is 0 Å². The Kier molecular flexibility index (Phi) is 3.31. The van der Waals surface area contributed by atoms with Gasteiger partial charge in [0.15, 0.2) is 3.92 Å². The molecule has 0 aliphatic heterocycles. The zero-order valence-electron chi connectivity index (χ0n) is 9.76. The average Bonchev–Trinajstić information content (AvgIpc) is 2.78. The maximum absolute atomic E-state index is 12.1. The number of aromatic nitrogens is 1. The number of nitrogens with zero attached hydrogens (tertiary/aromatic N) is 1. The van der Waals surface area contributed by atoms with Gasteiger partial charge in [0.1, 0.15) is 0 Å². The molecular formula is C14H9BrN2OS. The monoisotopic (exact) mass is 332 g/mol. The zero-order chi connectivity index (χ0) is 13.2. The van der Waals surface area contributed by atoms with Crippen molar-refractivity contribution in [1.29, 1.82) is 0 Å². The summed E-state index contributed by atoms with van der Waals surface area (Å²) in [5.74, 6) is -0.113. The minimum atomic E-state index is -0.113. The number of nitrogens with one attached hydrogen (secondary N) is 1. The quantitative estimate of drug-likeness (QED) is 0.759. The number of carbonyl (C=O) groups is 1. The van der Waals surface area contributed by atoms with Gasteiger partial charge < -0.3 is 5.32 Å². The van der Waals surface area contributed by atoms with E-state index in [-0.39, 0.29) is 5.91 Å². The number of amides is 1. The van der Waals surface area contributed by atoms with Crippen molar-refractivity contribution >= 4 is 49.1 Å². The summed E-state index contributed by atoms with van der Waals surface area (Å²) in [7, 11) is 0. The molecule has 3 rings (SSSR count). The smallest absolute Gasteiger partial charge is 0.255 e. The molecule has 0 saturated heterocycles. The van der Waals surface area contributed by atoms with Crippen LogP contribution in [0.15, 0.2) is 52.4 Å². The highest BCUT2D eigenvalue weighted by molar-refractivity contribution is 9.11. The van der Waals surface area contributed by atoms with E-state index < -0.39 is 0 Å². The molecule has 3 aromatic rings. The normalized spacial score (nSPS) is 10.6. The van der Waals surface area contributed by atoms with E-state index in [1.165, 1.54) is 11.3 Å². The number of hydrogen-bond donors (Lipinski definition) is 1. The summed E-state index contributed by atoms with van der Waals surface area (Å²) < 4.78 is 1.82. The fourth-order valence-electron chi connectivity index (χ4n) is 1.76. The van der Waals surface area contributed by atoms with Crippen LogP contribution in [0.1, 0.15) is 10.4 Å². The Balaban J connectivity index is 1.89. The summed E-state index contributed by atoms with van der Waals surface area (Å²) in [6.45, 7) is 0. The van der Waals surface area contributed by atoms with Gasteiger partial charge in [0.25, 0.3) is 5.91 Å². The number of hydrogen-bond acceptors (Lipinski definition) is 3. The van der Waals surface area contributed by atoms with Gasteiger partial charge in [0.05, 0.1) is 10.2 Å². The summed E-state index contributed by atoms with van der Waals surface area (Å²) in [6.07, 6.45) is 0. The van der Waals surface area contributed by atoms with E-state index in [2.05, 4.69) is 26.2 Å². The molecule has 0 radical (unpaired) electrons. The van der Waals surface area contributed by atoms with Crippen LogP contribution in [0, 0.1) is 0 Å². The Morgan fingerprint density at radius 2 is 1.95 bits per heavy atom. The van der Waals surface area contributed by atoms with Crippen molar-refractivity contribution in [2.75, 3.05) is 5.32 Å². The molecule has 19 heavy (non-hydrogen) atoms. The van der Waals surface area contributed by atoms with E-state index in [0.29, 0.717) is 5.56 Å². The van der Waals surface area contributed by atoms with E-state index >= 15 is 0 Å². The molecule has 0 unspecified atom stereocenters. The molecule has 2 aromatic carbocycles. The second kappa shape index (κ2) is 5.11. The average molecular weight is 333 g/mol. The van der Waals surface area contributed by atoms with Gasteiger partial charge in [-0.2, -0.15) is 0 Å². The van der Waals surface area contributed by atoms with Gasteiger partial charge in [0, 0.05) is 11.3 Å². The molecule has 5 heteroatoms. The molecule has 0 bridgehead atoms. The maximum atomic E-state index is 12.1. The third-order valence-electron chi connectivity index (χ3n) is 2.66. The number of thiazole rings is 1. The molecule has 1 N–H and O–H groups in total. The second-order valence-electron chi connectivity index (χ2n) is 3.97. The third kappa shape index (κ3) is 2.67. The van der Waals surface area contributed by atoms with E-state index in [9.17, 15) is 4.79 Å². The first-order valence-corrected chi connectivity index (χ1v) is 7.26. The topological polar surface area (TPSA) is 42.0 Å². The van der Waals surface area contributed by atoms with E-state index in [4.69, 9.17) is 0 Å². The number of rotatable bonds is 2. The van der Waals surface area contributed by atoms with Gasteiger partial charge >= 0.3 is 0 Å². The van der Waals surface area contributed by atoms with Crippen LogP contribution in [0.25, 0.3) is 10.2 Å². The predicted octanol–water partition coefficient (Wildman–Crippen LogP) is 4.31. The number of carbonyl (C=O) groups excluding carboxylic acids is 1. The Morgan fingerprint density at radius 1 is 1.16 bits per heavy atom. The van der Waals surface area contributed by atoms with Crippen LogP contribution in [0.2, 0.25) is 0 Å². The molecule has 94 valence electrons. The molecule has 3 nitrogen and oxygen atoms in total. The summed E-state index contributed by atoms with van der Waals surface area (Å²) in [6, 6.07) is 14.9. The number of para-hydroxylation sites is 1. The number of anilines is 1. The Bertz CT molecular complexity index is 740. The summed E-state index contributed by atoms with van der Waals surface area (Å²) in [4.78, 5) is 16.4. The van der Waals surface area contributed by atoms with Gasteiger partial charge in [-0.25, -0.2) is 4.98 Å². The summed E-state index contributed by atoms with van der Waals surface area (Å²) in [5, 5.41) is 2.86. The summed E-state index contributed by atoms with van der Waals surface area (Å²) >= 11 is 4.86. The molecule has 0 saturated carbocycles. The van der Waals surface area contributed by atoms with E-state index in [1.54, 1.807) is 6.07 Å². The minimum Gasteiger partial charge on any atom is -0.322 e. The lowest BCUT2D eigenvalue weighted by atomic mass is 10.2. The van der Waals surface area contributed by atoms with Crippen molar-refractivity contribution in [3.05, 3.63) is 58.0 Å². The van der Waals surface area contributed by atoms with Gasteiger partial charge in [-0.1, -0.05) is 18.2 Å². The van der Waals surface area contributed by atoms with Gasteiger partial charge in [-0.05, 0) is 46.3 Å². The first-order valence-electron chi connectivity index (χ1n) is 5.65. The standard InChI is InChI=1S/C14H9BrN2OS/c15-14-17-11-7-6-9(8-12(11)19-14)13(18)16-10-4-2-1-3-5-10/h1-8H,(H,16,18). The molecule has 1 amide bonds. The van der Waals surface area contributed by atoms with Crippen molar-refractivity contribution in [3.63, 3.8) is 0 Å². The SMILES string of the molecule is O=C(Nc1ccccc1)c1ccc2nc(Br)sc2c1. The number of halogens is 1.